The zero-order chi connectivity index (χ0) is 20.9. The van der Waals surface area contributed by atoms with Crippen molar-refractivity contribution >= 4 is 8.38 Å². The molecule has 0 aliphatic heterocycles. The third kappa shape index (κ3) is 15.6. The summed E-state index contributed by atoms with van der Waals surface area (Å²) in [5.41, 5.74) is -0.343. The van der Waals surface area contributed by atoms with Gasteiger partial charge in [0.25, 0.3) is 0 Å². The van der Waals surface area contributed by atoms with E-state index in [0.29, 0.717) is 39.5 Å². The van der Waals surface area contributed by atoms with Crippen LogP contribution in [0, 0.1) is 16.7 Å². The van der Waals surface area contributed by atoms with Crippen molar-refractivity contribution in [2.24, 2.45) is 5.41 Å². The van der Waals surface area contributed by atoms with Crippen LogP contribution in [0.3, 0.4) is 0 Å². The smallest absolute Gasteiger partial charge is 0.167 e. The molecule has 0 heterocycles. The van der Waals surface area contributed by atoms with Crippen molar-refractivity contribution in [3.8, 4) is 6.07 Å². The minimum atomic E-state index is -1.04. The number of unbranched alkanes of at least 4 members (excludes halogenated alkanes) is 3. The summed E-state index contributed by atoms with van der Waals surface area (Å²) >= 11 is 0. The van der Waals surface area contributed by atoms with E-state index >= 15 is 0 Å². The predicted octanol–water partition coefficient (Wildman–Crippen LogP) is 5.31. The zero-order valence-electron chi connectivity index (χ0n) is 18.5. The van der Waals surface area contributed by atoms with Gasteiger partial charge >= 0.3 is 0 Å². The van der Waals surface area contributed by atoms with Crippen molar-refractivity contribution in [1.82, 2.24) is 0 Å². The monoisotopic (exact) mass is 419 g/mol. The highest BCUT2D eigenvalue weighted by atomic mass is 31.2. The summed E-state index contributed by atoms with van der Waals surface area (Å²) in [6.07, 6.45) is 6.83. The van der Waals surface area contributed by atoms with Crippen LogP contribution in [0.2, 0.25) is 0 Å². The standard InChI is InChI=1S/C21H42NO5P/c1-5-8-13-23-17-21(18-24-14-9-6-2,19-25-15-10-7-3)20-27-28(4)26-16-11-12-22/h5-11,13-20H2,1-4H3. The quantitative estimate of drug-likeness (QED) is 0.185. The Hall–Kier alpha value is -0.280. The fraction of sp³-hybridized carbons (Fsp3) is 0.952. The van der Waals surface area contributed by atoms with E-state index in [0.717, 1.165) is 58.3 Å². The molecule has 0 rings (SSSR count). The van der Waals surface area contributed by atoms with Gasteiger partial charge in [0, 0.05) is 26.5 Å². The van der Waals surface area contributed by atoms with Crippen molar-refractivity contribution in [1.29, 1.82) is 5.26 Å². The lowest BCUT2D eigenvalue weighted by Gasteiger charge is -2.33. The lowest BCUT2D eigenvalue weighted by atomic mass is 9.92. The molecule has 0 aliphatic carbocycles. The highest BCUT2D eigenvalue weighted by Gasteiger charge is 2.33. The average molecular weight is 420 g/mol. The van der Waals surface area contributed by atoms with Gasteiger partial charge in [-0.05, 0) is 19.3 Å². The summed E-state index contributed by atoms with van der Waals surface area (Å²) < 4.78 is 29.5. The summed E-state index contributed by atoms with van der Waals surface area (Å²) in [5, 5.41) is 8.65. The second kappa shape index (κ2) is 20.0. The van der Waals surface area contributed by atoms with Crippen LogP contribution >= 0.6 is 8.38 Å². The van der Waals surface area contributed by atoms with E-state index < -0.39 is 8.38 Å². The second-order valence-corrected chi connectivity index (χ2v) is 8.57. The Kier molecular flexibility index (Phi) is 19.8. The molecule has 6 nitrogen and oxygen atoms in total. The van der Waals surface area contributed by atoms with Crippen LogP contribution in [0.1, 0.15) is 65.7 Å². The highest BCUT2D eigenvalue weighted by Crippen LogP contribution is 2.36. The number of ether oxygens (including phenoxy) is 3. The van der Waals surface area contributed by atoms with Gasteiger partial charge < -0.3 is 23.3 Å². The molecule has 0 amide bonds. The van der Waals surface area contributed by atoms with Crippen LogP contribution in [-0.4, -0.2) is 59.5 Å². The molecule has 7 heteroatoms. The van der Waals surface area contributed by atoms with Crippen molar-refractivity contribution in [3.63, 3.8) is 0 Å². The summed E-state index contributed by atoms with van der Waals surface area (Å²) in [4.78, 5) is 0. The van der Waals surface area contributed by atoms with E-state index in [1.165, 1.54) is 0 Å². The first kappa shape index (κ1) is 27.7. The summed E-state index contributed by atoms with van der Waals surface area (Å²) in [5.74, 6) is 0. The Balaban J connectivity index is 4.82. The van der Waals surface area contributed by atoms with Gasteiger partial charge in [-0.15, -0.1) is 0 Å². The summed E-state index contributed by atoms with van der Waals surface area (Å²) in [7, 11) is -1.04. The molecule has 0 aromatic heterocycles. The van der Waals surface area contributed by atoms with E-state index in [1.807, 2.05) is 6.66 Å². The minimum absolute atomic E-state index is 0.343. The van der Waals surface area contributed by atoms with Gasteiger partial charge in [0.15, 0.2) is 8.38 Å². The van der Waals surface area contributed by atoms with E-state index in [9.17, 15) is 0 Å². The minimum Gasteiger partial charge on any atom is -0.381 e. The van der Waals surface area contributed by atoms with Gasteiger partial charge in [0.2, 0.25) is 0 Å². The van der Waals surface area contributed by atoms with Crippen LogP contribution in [-0.2, 0) is 23.3 Å². The maximum Gasteiger partial charge on any atom is 0.167 e. The third-order valence-corrected chi connectivity index (χ3v) is 5.23. The molecular weight excluding hydrogens is 377 g/mol. The van der Waals surface area contributed by atoms with Crippen molar-refractivity contribution in [2.45, 2.75) is 65.7 Å². The first-order chi connectivity index (χ1) is 13.6. The molecule has 1 atom stereocenters. The molecule has 0 aromatic rings. The van der Waals surface area contributed by atoms with Crippen LogP contribution in [0.5, 0.6) is 0 Å². The highest BCUT2D eigenvalue weighted by molar-refractivity contribution is 7.46. The molecule has 0 saturated heterocycles. The van der Waals surface area contributed by atoms with E-state index in [2.05, 4.69) is 26.8 Å². The molecular formula is C21H42NO5P. The molecule has 0 radical (unpaired) electrons. The van der Waals surface area contributed by atoms with Crippen LogP contribution in [0.4, 0.5) is 0 Å². The van der Waals surface area contributed by atoms with E-state index in [1.54, 1.807) is 0 Å². The maximum atomic E-state index is 8.65. The first-order valence-electron chi connectivity index (χ1n) is 10.7. The van der Waals surface area contributed by atoms with Crippen molar-refractivity contribution in [2.75, 3.05) is 59.5 Å². The van der Waals surface area contributed by atoms with Gasteiger partial charge in [-0.25, -0.2) is 0 Å². The molecule has 0 spiro atoms. The second-order valence-electron chi connectivity index (χ2n) is 7.17. The van der Waals surface area contributed by atoms with Gasteiger partial charge in [-0.2, -0.15) is 5.26 Å². The maximum absolute atomic E-state index is 8.65. The van der Waals surface area contributed by atoms with Gasteiger partial charge in [-0.1, -0.05) is 40.0 Å². The molecule has 0 aliphatic rings. The molecule has 0 fully saturated rings. The predicted molar refractivity (Wildman–Crippen MR) is 115 cm³/mol. The number of nitrogens with zero attached hydrogens (tertiary/aromatic N) is 1. The molecule has 0 bridgehead atoms. The van der Waals surface area contributed by atoms with Crippen LogP contribution < -0.4 is 0 Å². The lowest BCUT2D eigenvalue weighted by molar-refractivity contribution is -0.0890. The topological polar surface area (TPSA) is 69.9 Å². The van der Waals surface area contributed by atoms with Gasteiger partial charge in [0.1, 0.15) is 0 Å². The first-order valence-corrected chi connectivity index (χ1v) is 12.4. The molecule has 28 heavy (non-hydrogen) atoms. The van der Waals surface area contributed by atoms with Crippen LogP contribution in [0.25, 0.3) is 0 Å². The number of nitriles is 1. The molecule has 166 valence electrons. The summed E-state index contributed by atoms with van der Waals surface area (Å²) in [6.45, 7) is 13.1. The van der Waals surface area contributed by atoms with Crippen molar-refractivity contribution in [3.05, 3.63) is 0 Å². The number of hydrogen-bond acceptors (Lipinski definition) is 6. The average Bonchev–Trinajstić information content (AvgIpc) is 2.70. The van der Waals surface area contributed by atoms with E-state index in [-0.39, 0.29) is 5.41 Å². The Morgan fingerprint density at radius 2 is 1.18 bits per heavy atom. The number of rotatable bonds is 21. The van der Waals surface area contributed by atoms with Crippen LogP contribution in [0.15, 0.2) is 0 Å². The molecule has 0 aromatic carbocycles. The molecule has 0 N–H and O–H groups in total. The normalized spacial score (nSPS) is 12.8. The molecule has 0 saturated carbocycles. The fourth-order valence-electron chi connectivity index (χ4n) is 2.34. The van der Waals surface area contributed by atoms with E-state index in [4.69, 9.17) is 28.5 Å². The zero-order valence-corrected chi connectivity index (χ0v) is 19.4. The van der Waals surface area contributed by atoms with Gasteiger partial charge in [0.05, 0.1) is 50.9 Å². The summed E-state index contributed by atoms with van der Waals surface area (Å²) in [6, 6.07) is 2.08. The van der Waals surface area contributed by atoms with Gasteiger partial charge in [-0.3, -0.25) is 0 Å². The Labute approximate surface area is 174 Å². The Morgan fingerprint density at radius 3 is 1.57 bits per heavy atom. The fourth-order valence-corrected chi connectivity index (χ4v) is 3.22. The Morgan fingerprint density at radius 1 is 0.714 bits per heavy atom. The van der Waals surface area contributed by atoms with Crippen molar-refractivity contribution < 1.29 is 23.3 Å². The lowest BCUT2D eigenvalue weighted by Crippen LogP contribution is -2.41. The largest absolute Gasteiger partial charge is 0.381 e. The Bertz CT molecular complexity index is 347. The SMILES string of the molecule is CCCCOCC(COCCCC)(COCCCC)COP(C)OCCC#N. The molecule has 1 unspecified atom stereocenters. The number of hydrogen-bond donors (Lipinski definition) is 0. The third-order valence-electron chi connectivity index (χ3n) is 4.19.